The van der Waals surface area contributed by atoms with Crippen LogP contribution in [0.25, 0.3) is 0 Å². The maximum Gasteiger partial charge on any atom is 0.160 e. The van der Waals surface area contributed by atoms with Gasteiger partial charge in [0.25, 0.3) is 0 Å². The molecular formula is C10H16O4. The summed E-state index contributed by atoms with van der Waals surface area (Å²) in [5.41, 5.74) is 0.690. The summed E-state index contributed by atoms with van der Waals surface area (Å²) in [5.74, 6) is -0.0903. The molecule has 0 spiro atoms. The van der Waals surface area contributed by atoms with Gasteiger partial charge in [-0.1, -0.05) is 12.1 Å². The highest BCUT2D eigenvalue weighted by molar-refractivity contribution is 5.43. The third-order valence-electron chi connectivity index (χ3n) is 1.48. The molecule has 4 N–H and O–H groups in total. The molecule has 1 atom stereocenters. The van der Waals surface area contributed by atoms with Crippen molar-refractivity contribution in [3.05, 3.63) is 23.8 Å². The van der Waals surface area contributed by atoms with E-state index in [-0.39, 0.29) is 18.1 Å². The van der Waals surface area contributed by atoms with Crippen LogP contribution in [-0.4, -0.2) is 33.1 Å². The third kappa shape index (κ3) is 4.69. The molecule has 0 radical (unpaired) electrons. The minimum atomic E-state index is -0.560. The number of para-hydroxylation sites is 1. The van der Waals surface area contributed by atoms with Gasteiger partial charge in [0.15, 0.2) is 11.5 Å². The van der Waals surface area contributed by atoms with Crippen LogP contribution in [0.5, 0.6) is 11.5 Å². The Morgan fingerprint density at radius 1 is 1.29 bits per heavy atom. The lowest BCUT2D eigenvalue weighted by atomic mass is 10.2. The van der Waals surface area contributed by atoms with Crippen molar-refractivity contribution in [2.45, 2.75) is 20.0 Å². The van der Waals surface area contributed by atoms with Crippen LogP contribution in [0.15, 0.2) is 18.2 Å². The molecule has 80 valence electrons. The first-order chi connectivity index (χ1) is 6.49. The van der Waals surface area contributed by atoms with Gasteiger partial charge in [-0.3, -0.25) is 0 Å². The number of aliphatic hydroxyl groups is 2. The van der Waals surface area contributed by atoms with E-state index in [9.17, 15) is 0 Å². The molecule has 0 aliphatic heterocycles. The van der Waals surface area contributed by atoms with Gasteiger partial charge in [0, 0.05) is 0 Å². The largest absolute Gasteiger partial charge is 0.504 e. The first kappa shape index (κ1) is 12.7. The molecule has 0 saturated carbocycles. The third-order valence-corrected chi connectivity index (χ3v) is 1.48. The molecule has 1 unspecified atom stereocenters. The Hall–Kier alpha value is -1.26. The van der Waals surface area contributed by atoms with Crippen molar-refractivity contribution in [2.24, 2.45) is 0 Å². The number of phenols is 2. The summed E-state index contributed by atoms with van der Waals surface area (Å²) < 4.78 is 0. The van der Waals surface area contributed by atoms with Crippen LogP contribution in [0.2, 0.25) is 0 Å². The van der Waals surface area contributed by atoms with Gasteiger partial charge < -0.3 is 20.4 Å². The van der Waals surface area contributed by atoms with Crippen molar-refractivity contribution in [2.75, 3.05) is 6.61 Å². The lowest BCUT2D eigenvalue weighted by Gasteiger charge is -1.97. The molecule has 0 saturated heterocycles. The molecular weight excluding hydrogens is 184 g/mol. The Labute approximate surface area is 83.1 Å². The summed E-state index contributed by atoms with van der Waals surface area (Å²) in [7, 11) is 0. The Morgan fingerprint density at radius 2 is 1.79 bits per heavy atom. The predicted molar refractivity (Wildman–Crippen MR) is 53.3 cm³/mol. The fraction of sp³-hybridized carbons (Fsp3) is 0.400. The molecule has 0 aliphatic rings. The zero-order valence-electron chi connectivity index (χ0n) is 8.31. The highest BCUT2D eigenvalue weighted by Crippen LogP contribution is 2.26. The van der Waals surface area contributed by atoms with Crippen molar-refractivity contribution in [3.63, 3.8) is 0 Å². The lowest BCUT2D eigenvalue weighted by Crippen LogP contribution is -2.03. The normalized spacial score (nSPS) is 11.4. The van der Waals surface area contributed by atoms with Gasteiger partial charge in [0.1, 0.15) is 0 Å². The van der Waals surface area contributed by atoms with E-state index in [1.165, 1.54) is 13.0 Å². The van der Waals surface area contributed by atoms with E-state index in [4.69, 9.17) is 20.4 Å². The van der Waals surface area contributed by atoms with Gasteiger partial charge in [0.05, 0.1) is 12.7 Å². The van der Waals surface area contributed by atoms with E-state index in [0.717, 1.165) is 0 Å². The smallest absolute Gasteiger partial charge is 0.160 e. The summed E-state index contributed by atoms with van der Waals surface area (Å²) in [6.45, 7) is 3.12. The van der Waals surface area contributed by atoms with Crippen LogP contribution in [0.4, 0.5) is 0 Å². The van der Waals surface area contributed by atoms with Crippen molar-refractivity contribution >= 4 is 0 Å². The Morgan fingerprint density at radius 3 is 2.07 bits per heavy atom. The SMILES string of the molecule is CC(O)CO.Cc1cccc(O)c1O. The maximum atomic E-state index is 8.96. The molecule has 0 amide bonds. The molecule has 0 heterocycles. The summed E-state index contributed by atoms with van der Waals surface area (Å²) in [4.78, 5) is 0. The zero-order valence-corrected chi connectivity index (χ0v) is 8.31. The molecule has 0 fully saturated rings. The number of aliphatic hydroxyl groups excluding tert-OH is 2. The quantitative estimate of drug-likeness (QED) is 0.505. The fourth-order valence-corrected chi connectivity index (χ4v) is 0.643. The zero-order chi connectivity index (χ0) is 11.1. The van der Waals surface area contributed by atoms with Crippen LogP contribution in [-0.2, 0) is 0 Å². The van der Waals surface area contributed by atoms with Gasteiger partial charge in [-0.25, -0.2) is 0 Å². The molecule has 0 aliphatic carbocycles. The van der Waals surface area contributed by atoms with Crippen molar-refractivity contribution < 1.29 is 20.4 Å². The number of hydrogen-bond acceptors (Lipinski definition) is 4. The van der Waals surface area contributed by atoms with Gasteiger partial charge in [-0.15, -0.1) is 0 Å². The monoisotopic (exact) mass is 200 g/mol. The van der Waals surface area contributed by atoms with Crippen LogP contribution < -0.4 is 0 Å². The topological polar surface area (TPSA) is 80.9 Å². The standard InChI is InChI=1S/C7H8O2.C3H8O2/c1-5-3-2-4-6(8)7(5)9;1-3(5)2-4/h2-4,8-9H,1H3;3-5H,2H2,1H3. The van der Waals surface area contributed by atoms with Crippen molar-refractivity contribution in [1.29, 1.82) is 0 Å². The number of hydrogen-bond donors (Lipinski definition) is 4. The Balaban J connectivity index is 0.000000292. The number of phenolic OH excluding ortho intramolecular Hbond substituents is 2. The summed E-state index contributed by atoms with van der Waals surface area (Å²) in [6.07, 6.45) is -0.560. The summed E-state index contributed by atoms with van der Waals surface area (Å²) >= 11 is 0. The highest BCUT2D eigenvalue weighted by atomic mass is 16.3. The Bertz CT molecular complexity index is 251. The van der Waals surface area contributed by atoms with Gasteiger partial charge in [-0.05, 0) is 25.5 Å². The number of aryl methyl sites for hydroxylation is 1. The molecule has 14 heavy (non-hydrogen) atoms. The number of rotatable bonds is 1. The van der Waals surface area contributed by atoms with Gasteiger partial charge in [-0.2, -0.15) is 0 Å². The number of benzene rings is 1. The van der Waals surface area contributed by atoms with E-state index in [1.807, 2.05) is 0 Å². The van der Waals surface area contributed by atoms with E-state index in [1.54, 1.807) is 19.1 Å². The van der Waals surface area contributed by atoms with Crippen molar-refractivity contribution in [1.82, 2.24) is 0 Å². The molecule has 1 rings (SSSR count). The second kappa shape index (κ2) is 6.23. The second-order valence-corrected chi connectivity index (χ2v) is 2.97. The summed E-state index contributed by atoms with van der Waals surface area (Å²) in [6, 6.07) is 4.86. The molecule has 4 nitrogen and oxygen atoms in total. The molecule has 0 aromatic heterocycles. The minimum absolute atomic E-state index is 0.0301. The Kier molecular flexibility index (Phi) is 5.67. The van der Waals surface area contributed by atoms with E-state index < -0.39 is 6.10 Å². The van der Waals surface area contributed by atoms with Gasteiger partial charge >= 0.3 is 0 Å². The first-order valence-corrected chi connectivity index (χ1v) is 4.25. The highest BCUT2D eigenvalue weighted by Gasteiger charge is 1.98. The van der Waals surface area contributed by atoms with E-state index >= 15 is 0 Å². The lowest BCUT2D eigenvalue weighted by molar-refractivity contribution is 0.110. The number of aromatic hydroxyl groups is 2. The fourth-order valence-electron chi connectivity index (χ4n) is 0.643. The maximum absolute atomic E-state index is 8.96. The van der Waals surface area contributed by atoms with E-state index in [0.29, 0.717) is 5.56 Å². The van der Waals surface area contributed by atoms with Crippen molar-refractivity contribution in [3.8, 4) is 11.5 Å². The summed E-state index contributed by atoms with van der Waals surface area (Å²) in [5, 5.41) is 33.8. The van der Waals surface area contributed by atoms with Gasteiger partial charge in [0.2, 0.25) is 0 Å². The average molecular weight is 200 g/mol. The molecule has 1 aromatic carbocycles. The minimum Gasteiger partial charge on any atom is -0.504 e. The second-order valence-electron chi connectivity index (χ2n) is 2.97. The first-order valence-electron chi connectivity index (χ1n) is 4.25. The molecule has 1 aromatic rings. The van der Waals surface area contributed by atoms with Crippen LogP contribution in [0.1, 0.15) is 12.5 Å². The van der Waals surface area contributed by atoms with Crippen LogP contribution >= 0.6 is 0 Å². The molecule has 0 bridgehead atoms. The molecule has 4 heteroatoms. The van der Waals surface area contributed by atoms with Crippen LogP contribution in [0.3, 0.4) is 0 Å². The van der Waals surface area contributed by atoms with Crippen LogP contribution in [0, 0.1) is 6.92 Å². The predicted octanol–water partition coefficient (Wildman–Crippen LogP) is 0.766. The average Bonchev–Trinajstić information content (AvgIpc) is 2.15. The van der Waals surface area contributed by atoms with E-state index in [2.05, 4.69) is 0 Å².